The molecule has 1 fully saturated rings. The molecule has 0 aromatic heterocycles. The van der Waals surface area contributed by atoms with Crippen LogP contribution in [0.15, 0.2) is 53.4 Å². The molecule has 8 nitrogen and oxygen atoms in total. The quantitative estimate of drug-likeness (QED) is 0.720. The highest BCUT2D eigenvalue weighted by atomic mass is 32.2. The molecule has 1 atom stereocenters. The largest absolute Gasteiger partial charge is 0.343 e. The van der Waals surface area contributed by atoms with Gasteiger partial charge in [-0.3, -0.25) is 14.4 Å². The highest BCUT2D eigenvalue weighted by molar-refractivity contribution is 7.90. The van der Waals surface area contributed by atoms with Gasteiger partial charge in [-0.05, 0) is 44.0 Å². The maximum Gasteiger partial charge on any atom is 0.269 e. The van der Waals surface area contributed by atoms with E-state index >= 15 is 0 Å². The molecule has 2 aliphatic heterocycles. The number of nitrogens with zero attached hydrogens (tertiary/aromatic N) is 2. The smallest absolute Gasteiger partial charge is 0.269 e. The molecule has 168 valence electrons. The molecule has 0 bridgehead atoms. The summed E-state index contributed by atoms with van der Waals surface area (Å²) >= 11 is 0. The van der Waals surface area contributed by atoms with Crippen molar-refractivity contribution in [2.45, 2.75) is 43.7 Å². The lowest BCUT2D eigenvalue weighted by Gasteiger charge is -2.25. The molecule has 0 saturated carbocycles. The van der Waals surface area contributed by atoms with Crippen molar-refractivity contribution in [1.82, 2.24) is 14.5 Å². The fraction of sp³-hybridized carbons (Fsp3) is 0.348. The molecular weight excluding hydrogens is 430 g/mol. The summed E-state index contributed by atoms with van der Waals surface area (Å²) in [4.78, 5) is 39.3. The van der Waals surface area contributed by atoms with Gasteiger partial charge in [-0.1, -0.05) is 30.3 Å². The monoisotopic (exact) mass is 455 g/mol. The first-order valence-corrected chi connectivity index (χ1v) is 12.0. The van der Waals surface area contributed by atoms with Crippen LogP contribution < -0.4 is 5.32 Å². The van der Waals surface area contributed by atoms with Gasteiger partial charge in [-0.25, -0.2) is 12.7 Å². The van der Waals surface area contributed by atoms with E-state index in [0.717, 1.165) is 16.3 Å². The molecule has 3 amide bonds. The number of fused-ring (bicyclic) bond motifs is 1. The van der Waals surface area contributed by atoms with Crippen molar-refractivity contribution < 1.29 is 22.8 Å². The maximum absolute atomic E-state index is 13.1. The highest BCUT2D eigenvalue weighted by Gasteiger charge is 2.43. The van der Waals surface area contributed by atoms with Gasteiger partial charge in [-0.15, -0.1) is 0 Å². The number of likely N-dealkylation sites (tertiary alicyclic amines) is 1. The second-order valence-corrected chi connectivity index (χ2v) is 10.1. The molecule has 0 aliphatic carbocycles. The molecule has 1 saturated heterocycles. The van der Waals surface area contributed by atoms with Gasteiger partial charge in [0.15, 0.2) is 0 Å². The maximum atomic E-state index is 13.1. The van der Waals surface area contributed by atoms with Crippen LogP contribution in [0.3, 0.4) is 0 Å². The van der Waals surface area contributed by atoms with Crippen LogP contribution >= 0.6 is 0 Å². The molecule has 2 aromatic rings. The van der Waals surface area contributed by atoms with Crippen molar-refractivity contribution in [3.63, 3.8) is 0 Å². The number of sulfonamides is 1. The Morgan fingerprint density at radius 3 is 2.44 bits per heavy atom. The highest BCUT2D eigenvalue weighted by Crippen LogP contribution is 2.32. The molecule has 1 unspecified atom stereocenters. The normalized spacial score (nSPS) is 18.2. The summed E-state index contributed by atoms with van der Waals surface area (Å²) < 4.78 is 26.5. The van der Waals surface area contributed by atoms with Crippen molar-refractivity contribution in [2.75, 3.05) is 13.1 Å². The minimum atomic E-state index is -4.01. The molecule has 4 rings (SSSR count). The Morgan fingerprint density at radius 1 is 1.09 bits per heavy atom. The number of hydrogen-bond acceptors (Lipinski definition) is 5. The van der Waals surface area contributed by atoms with Crippen LogP contribution in [0.4, 0.5) is 0 Å². The van der Waals surface area contributed by atoms with Gasteiger partial charge in [0.05, 0.1) is 11.6 Å². The van der Waals surface area contributed by atoms with E-state index in [4.69, 9.17) is 0 Å². The van der Waals surface area contributed by atoms with Gasteiger partial charge in [-0.2, -0.15) is 0 Å². The third-order valence-electron chi connectivity index (χ3n) is 5.76. The van der Waals surface area contributed by atoms with Crippen LogP contribution in [0.1, 0.15) is 59.0 Å². The summed E-state index contributed by atoms with van der Waals surface area (Å²) in [5.74, 6) is -1.01. The zero-order chi connectivity index (χ0) is 23.0. The van der Waals surface area contributed by atoms with Crippen molar-refractivity contribution in [3.05, 3.63) is 65.2 Å². The average molecular weight is 456 g/mol. The zero-order valence-electron chi connectivity index (χ0n) is 17.9. The Bertz CT molecular complexity index is 1180. The first kappa shape index (κ1) is 22.0. The van der Waals surface area contributed by atoms with E-state index in [-0.39, 0.29) is 21.9 Å². The minimum absolute atomic E-state index is 0.0519. The number of amides is 3. The molecular formula is C23H25N3O5S. The van der Waals surface area contributed by atoms with Gasteiger partial charge < -0.3 is 10.2 Å². The molecule has 0 radical (unpaired) electrons. The predicted octanol–water partition coefficient (Wildman–Crippen LogP) is 2.33. The lowest BCUT2D eigenvalue weighted by molar-refractivity contribution is -0.128. The number of hydrogen-bond donors (Lipinski definition) is 1. The van der Waals surface area contributed by atoms with Gasteiger partial charge in [0.25, 0.3) is 21.8 Å². The van der Waals surface area contributed by atoms with E-state index in [9.17, 15) is 22.8 Å². The Hall–Kier alpha value is -3.20. The van der Waals surface area contributed by atoms with E-state index in [0.29, 0.717) is 19.5 Å². The topological polar surface area (TPSA) is 104 Å². The van der Waals surface area contributed by atoms with Gasteiger partial charge in [0, 0.05) is 31.1 Å². The molecule has 32 heavy (non-hydrogen) atoms. The number of carbonyl (C=O) groups excluding carboxylic acids is 3. The van der Waals surface area contributed by atoms with Crippen LogP contribution in [0.25, 0.3) is 0 Å². The van der Waals surface area contributed by atoms with E-state index < -0.39 is 33.9 Å². The Labute approximate surface area is 187 Å². The molecule has 2 aromatic carbocycles. The lowest BCUT2D eigenvalue weighted by Crippen LogP contribution is -2.38. The number of rotatable bonds is 6. The van der Waals surface area contributed by atoms with Crippen LogP contribution in [0, 0.1) is 0 Å². The van der Waals surface area contributed by atoms with Crippen molar-refractivity contribution >= 4 is 27.7 Å². The summed E-state index contributed by atoms with van der Waals surface area (Å²) in [7, 11) is -4.01. The molecule has 1 N–H and O–H groups in total. The fourth-order valence-corrected chi connectivity index (χ4v) is 5.97. The van der Waals surface area contributed by atoms with Crippen LogP contribution in [-0.4, -0.2) is 54.5 Å². The van der Waals surface area contributed by atoms with Gasteiger partial charge >= 0.3 is 0 Å². The number of carbonyl (C=O) groups is 3. The van der Waals surface area contributed by atoms with Gasteiger partial charge in [0.2, 0.25) is 5.91 Å². The second kappa shape index (κ2) is 8.38. The molecule has 0 spiro atoms. The van der Waals surface area contributed by atoms with E-state index in [1.807, 2.05) is 30.3 Å². The summed E-state index contributed by atoms with van der Waals surface area (Å²) in [6.45, 7) is 4.22. The third kappa shape index (κ3) is 3.88. The standard InChI is InChI=1S/C23H25N3O5S/c1-15(2)26-23(29)18-11-10-17(13-20(18)32(26,30)31)22(28)24-19(16-7-4-3-5-8-16)14-25-12-6-9-21(25)27/h3-5,7-8,10-11,13,15,19H,6,9,12,14H2,1-2H3,(H,24,28). The average Bonchev–Trinajstić information content (AvgIpc) is 3.25. The Morgan fingerprint density at radius 2 is 1.81 bits per heavy atom. The fourth-order valence-electron chi connectivity index (χ4n) is 4.18. The Balaban J connectivity index is 1.62. The van der Waals surface area contributed by atoms with E-state index in [2.05, 4.69) is 5.32 Å². The predicted molar refractivity (Wildman–Crippen MR) is 117 cm³/mol. The van der Waals surface area contributed by atoms with Crippen LogP contribution in [0.2, 0.25) is 0 Å². The molecule has 9 heteroatoms. The summed E-state index contributed by atoms with van der Waals surface area (Å²) in [5.41, 5.74) is 1.05. The van der Waals surface area contributed by atoms with E-state index in [1.165, 1.54) is 18.2 Å². The SMILES string of the molecule is CC(C)N1C(=O)c2ccc(C(=O)NC(CN3CCCC3=O)c3ccccc3)cc2S1(=O)=O. The summed E-state index contributed by atoms with van der Waals surface area (Å²) in [6.07, 6.45) is 1.29. The first-order valence-electron chi connectivity index (χ1n) is 10.6. The van der Waals surface area contributed by atoms with Crippen molar-refractivity contribution in [2.24, 2.45) is 0 Å². The van der Waals surface area contributed by atoms with Crippen molar-refractivity contribution in [1.29, 1.82) is 0 Å². The zero-order valence-corrected chi connectivity index (χ0v) is 18.8. The van der Waals surface area contributed by atoms with E-state index in [1.54, 1.807) is 18.7 Å². The Kier molecular flexibility index (Phi) is 5.77. The third-order valence-corrected chi connectivity index (χ3v) is 7.76. The summed E-state index contributed by atoms with van der Waals surface area (Å²) in [6, 6.07) is 12.4. The summed E-state index contributed by atoms with van der Waals surface area (Å²) in [5, 5.41) is 2.93. The first-order chi connectivity index (χ1) is 15.2. The van der Waals surface area contributed by atoms with Crippen molar-refractivity contribution in [3.8, 4) is 0 Å². The number of nitrogens with one attached hydrogen (secondary N) is 1. The van der Waals surface area contributed by atoms with Crippen LogP contribution in [0.5, 0.6) is 0 Å². The lowest BCUT2D eigenvalue weighted by atomic mass is 10.0. The van der Waals surface area contributed by atoms with Crippen LogP contribution in [-0.2, 0) is 14.8 Å². The minimum Gasteiger partial charge on any atom is -0.343 e. The molecule has 2 heterocycles. The second-order valence-electron chi connectivity index (χ2n) is 8.29. The van der Waals surface area contributed by atoms with Gasteiger partial charge in [0.1, 0.15) is 4.90 Å². The molecule has 2 aliphatic rings. The number of benzene rings is 2.